The number of hydrogen-bond acceptors (Lipinski definition) is 4. The fourth-order valence-corrected chi connectivity index (χ4v) is 1.75. The normalized spacial score (nSPS) is 11.2. The number of nitrogen functional groups attached to an aromatic ring is 1. The summed E-state index contributed by atoms with van der Waals surface area (Å²) in [6.45, 7) is 5.98. The maximum Gasteiger partial charge on any atom is 0.324 e. The van der Waals surface area contributed by atoms with E-state index in [4.69, 9.17) is 21.9 Å². The lowest BCUT2D eigenvalue weighted by Gasteiger charge is -2.12. The first-order chi connectivity index (χ1) is 9.75. The molecule has 0 aliphatic heterocycles. The van der Waals surface area contributed by atoms with E-state index in [9.17, 15) is 4.79 Å². The van der Waals surface area contributed by atoms with Crippen LogP contribution < -0.4 is 16.4 Å². The molecule has 2 aromatic rings. The summed E-state index contributed by atoms with van der Waals surface area (Å²) in [5.41, 5.74) is 6.42. The van der Waals surface area contributed by atoms with Gasteiger partial charge in [-0.1, -0.05) is 37.5 Å². The minimum atomic E-state index is -0.440. The Morgan fingerprint density at radius 1 is 1.29 bits per heavy atom. The lowest BCUT2D eigenvalue weighted by molar-refractivity contribution is 0.262. The van der Waals surface area contributed by atoms with Gasteiger partial charge in [-0.2, -0.15) is 0 Å². The number of urea groups is 1. The second-order valence-electron chi connectivity index (χ2n) is 5.64. The molecule has 0 saturated heterocycles. The summed E-state index contributed by atoms with van der Waals surface area (Å²) < 4.78 is 5.18. The van der Waals surface area contributed by atoms with Crippen LogP contribution in [0.3, 0.4) is 0 Å². The van der Waals surface area contributed by atoms with E-state index in [0.29, 0.717) is 28.0 Å². The van der Waals surface area contributed by atoms with Crippen molar-refractivity contribution in [2.45, 2.75) is 26.2 Å². The molecule has 112 valence electrons. The largest absolute Gasteiger partial charge is 0.398 e. The topological polar surface area (TPSA) is 93.2 Å². The highest BCUT2D eigenvalue weighted by Crippen LogP contribution is 2.25. The molecular formula is C14H17ClN4O2. The van der Waals surface area contributed by atoms with Crippen LogP contribution >= 0.6 is 11.6 Å². The van der Waals surface area contributed by atoms with E-state index < -0.39 is 6.03 Å². The van der Waals surface area contributed by atoms with E-state index in [2.05, 4.69) is 15.8 Å². The second kappa shape index (κ2) is 5.65. The van der Waals surface area contributed by atoms with Crippen LogP contribution in [0.4, 0.5) is 22.0 Å². The summed E-state index contributed by atoms with van der Waals surface area (Å²) in [6, 6.07) is 6.09. The van der Waals surface area contributed by atoms with Crippen molar-refractivity contribution in [2.24, 2.45) is 0 Å². The fourth-order valence-electron chi connectivity index (χ4n) is 1.57. The number of carbonyl (C=O) groups is 1. The van der Waals surface area contributed by atoms with Gasteiger partial charge in [0.1, 0.15) is 5.76 Å². The Hall–Kier alpha value is -2.21. The van der Waals surface area contributed by atoms with Crippen LogP contribution in [0.25, 0.3) is 0 Å². The summed E-state index contributed by atoms with van der Waals surface area (Å²) in [6.07, 6.45) is 0. The molecule has 1 heterocycles. The zero-order valence-corrected chi connectivity index (χ0v) is 12.8. The molecular weight excluding hydrogens is 292 g/mol. The number of benzene rings is 1. The summed E-state index contributed by atoms with van der Waals surface area (Å²) in [5, 5.41) is 9.40. The number of aromatic nitrogens is 1. The van der Waals surface area contributed by atoms with Crippen LogP contribution in [0.5, 0.6) is 0 Å². The molecule has 0 aliphatic rings. The molecule has 1 aromatic heterocycles. The van der Waals surface area contributed by atoms with Gasteiger partial charge in [0.05, 0.1) is 10.7 Å². The monoisotopic (exact) mass is 308 g/mol. The molecule has 6 nitrogen and oxygen atoms in total. The molecule has 0 atom stereocenters. The lowest BCUT2D eigenvalue weighted by Crippen LogP contribution is -2.19. The minimum Gasteiger partial charge on any atom is -0.398 e. The van der Waals surface area contributed by atoms with Crippen LogP contribution in [0.1, 0.15) is 26.5 Å². The van der Waals surface area contributed by atoms with Crippen LogP contribution in [0.2, 0.25) is 5.02 Å². The molecule has 0 saturated carbocycles. The van der Waals surface area contributed by atoms with Gasteiger partial charge in [0.15, 0.2) is 5.82 Å². The molecule has 7 heteroatoms. The standard InChI is InChI=1S/C14H17ClN4O2/c1-14(2,3)11-7-12(19-21-11)18-13(20)17-8-4-5-10(16)9(15)6-8/h4-7H,16H2,1-3H3,(H2,17,18,19,20). The quantitative estimate of drug-likeness (QED) is 0.734. The van der Waals surface area contributed by atoms with E-state index in [1.165, 1.54) is 0 Å². The molecule has 0 fully saturated rings. The number of amides is 2. The molecule has 0 radical (unpaired) electrons. The van der Waals surface area contributed by atoms with Crippen LogP contribution in [0, 0.1) is 0 Å². The predicted molar refractivity (Wildman–Crippen MR) is 83.7 cm³/mol. The first kappa shape index (κ1) is 15.2. The van der Waals surface area contributed by atoms with Gasteiger partial charge in [-0.3, -0.25) is 5.32 Å². The lowest BCUT2D eigenvalue weighted by atomic mass is 9.93. The van der Waals surface area contributed by atoms with Crippen molar-refractivity contribution in [1.29, 1.82) is 0 Å². The van der Waals surface area contributed by atoms with E-state index >= 15 is 0 Å². The minimum absolute atomic E-state index is 0.173. The Morgan fingerprint density at radius 2 is 2.00 bits per heavy atom. The summed E-state index contributed by atoms with van der Waals surface area (Å²) >= 11 is 5.89. The molecule has 2 rings (SSSR count). The highest BCUT2D eigenvalue weighted by molar-refractivity contribution is 6.33. The number of halogens is 1. The van der Waals surface area contributed by atoms with Crippen molar-refractivity contribution >= 4 is 34.8 Å². The van der Waals surface area contributed by atoms with E-state index in [-0.39, 0.29) is 5.41 Å². The molecule has 1 aromatic carbocycles. The maximum absolute atomic E-state index is 11.9. The average molecular weight is 309 g/mol. The number of nitrogens with one attached hydrogen (secondary N) is 2. The van der Waals surface area contributed by atoms with E-state index in [1.807, 2.05) is 20.8 Å². The number of carbonyl (C=O) groups excluding carboxylic acids is 1. The first-order valence-corrected chi connectivity index (χ1v) is 6.74. The predicted octanol–water partition coefficient (Wildman–Crippen LogP) is 3.85. The third-order valence-electron chi connectivity index (χ3n) is 2.75. The molecule has 0 spiro atoms. The average Bonchev–Trinajstić information content (AvgIpc) is 2.82. The van der Waals surface area contributed by atoms with Crippen molar-refractivity contribution in [3.8, 4) is 0 Å². The molecule has 4 N–H and O–H groups in total. The Morgan fingerprint density at radius 3 is 2.57 bits per heavy atom. The number of rotatable bonds is 2. The van der Waals surface area contributed by atoms with Crippen molar-refractivity contribution in [3.05, 3.63) is 35.0 Å². The fraction of sp³-hybridized carbons (Fsp3) is 0.286. The van der Waals surface area contributed by atoms with E-state index in [0.717, 1.165) is 0 Å². The Balaban J connectivity index is 2.01. The molecule has 2 amide bonds. The Kier molecular flexibility index (Phi) is 4.09. The maximum atomic E-state index is 11.9. The van der Waals surface area contributed by atoms with Crippen LogP contribution in [-0.4, -0.2) is 11.2 Å². The molecule has 0 bridgehead atoms. The molecule has 0 aliphatic carbocycles. The van der Waals surface area contributed by atoms with Gasteiger partial charge < -0.3 is 15.6 Å². The Labute approximate surface area is 127 Å². The number of nitrogens with two attached hydrogens (primary N) is 1. The summed E-state index contributed by atoms with van der Waals surface area (Å²) in [7, 11) is 0. The van der Waals surface area contributed by atoms with Gasteiger partial charge >= 0.3 is 6.03 Å². The first-order valence-electron chi connectivity index (χ1n) is 6.36. The zero-order chi connectivity index (χ0) is 15.6. The zero-order valence-electron chi connectivity index (χ0n) is 12.0. The summed E-state index contributed by atoms with van der Waals surface area (Å²) in [4.78, 5) is 11.9. The number of nitrogens with zero attached hydrogens (tertiary/aromatic N) is 1. The summed E-state index contributed by atoms with van der Waals surface area (Å²) in [5.74, 6) is 1.03. The van der Waals surface area contributed by atoms with Crippen LogP contribution in [0.15, 0.2) is 28.8 Å². The van der Waals surface area contributed by atoms with E-state index in [1.54, 1.807) is 24.3 Å². The number of hydrogen-bond donors (Lipinski definition) is 3. The van der Waals surface area contributed by atoms with Crippen molar-refractivity contribution < 1.29 is 9.32 Å². The van der Waals surface area contributed by atoms with Gasteiger partial charge in [0.25, 0.3) is 0 Å². The van der Waals surface area contributed by atoms with Crippen LogP contribution in [-0.2, 0) is 5.41 Å². The second-order valence-corrected chi connectivity index (χ2v) is 6.05. The highest BCUT2D eigenvalue weighted by atomic mass is 35.5. The van der Waals surface area contributed by atoms with Gasteiger partial charge in [-0.15, -0.1) is 0 Å². The van der Waals surface area contributed by atoms with Gasteiger partial charge in [-0.25, -0.2) is 4.79 Å². The van der Waals surface area contributed by atoms with Gasteiger partial charge in [0.2, 0.25) is 0 Å². The highest BCUT2D eigenvalue weighted by Gasteiger charge is 2.20. The van der Waals surface area contributed by atoms with Crippen molar-refractivity contribution in [2.75, 3.05) is 16.4 Å². The van der Waals surface area contributed by atoms with Gasteiger partial charge in [-0.05, 0) is 18.2 Å². The third kappa shape index (κ3) is 3.88. The molecule has 21 heavy (non-hydrogen) atoms. The third-order valence-corrected chi connectivity index (χ3v) is 3.08. The van der Waals surface area contributed by atoms with Gasteiger partial charge in [0, 0.05) is 17.2 Å². The smallest absolute Gasteiger partial charge is 0.324 e. The number of anilines is 3. The SMILES string of the molecule is CC(C)(C)c1cc(NC(=O)Nc2ccc(N)c(Cl)c2)no1. The van der Waals surface area contributed by atoms with Crippen molar-refractivity contribution in [3.63, 3.8) is 0 Å². The Bertz CT molecular complexity index is 661. The van der Waals surface area contributed by atoms with Crippen molar-refractivity contribution in [1.82, 2.24) is 5.16 Å². The molecule has 0 unspecified atom stereocenters.